The topological polar surface area (TPSA) is 82.6 Å². The monoisotopic (exact) mass is 440 g/mol. The molecule has 3 aliphatic rings. The third kappa shape index (κ3) is 4.68. The fourth-order valence-electron chi connectivity index (χ4n) is 4.81. The summed E-state index contributed by atoms with van der Waals surface area (Å²) in [5, 5.41) is 0.759. The number of rotatable bonds is 5. The number of nitrogens with one attached hydrogen (secondary N) is 1. The molecule has 1 saturated heterocycles. The van der Waals surface area contributed by atoms with Crippen LogP contribution in [-0.2, 0) is 14.8 Å². The Kier molecular flexibility index (Phi) is 6.30. The first kappa shape index (κ1) is 21.2. The first-order chi connectivity index (χ1) is 13.8. The molecule has 0 unspecified atom stereocenters. The number of nitrogens with zero attached hydrogens (tertiary/aromatic N) is 3. The van der Waals surface area contributed by atoms with Crippen LogP contribution in [0.2, 0.25) is 0 Å². The van der Waals surface area contributed by atoms with Crippen LogP contribution in [0.3, 0.4) is 0 Å². The molecule has 0 aromatic carbocycles. The lowest BCUT2D eigenvalue weighted by molar-refractivity contribution is -0.139. The zero-order valence-electron chi connectivity index (χ0n) is 17.4. The van der Waals surface area contributed by atoms with E-state index < -0.39 is 10.0 Å². The highest BCUT2D eigenvalue weighted by atomic mass is 32.2. The minimum absolute atomic E-state index is 0.0402. The summed E-state index contributed by atoms with van der Waals surface area (Å²) < 4.78 is 28.5. The molecule has 9 heteroatoms. The fourth-order valence-corrected chi connectivity index (χ4v) is 7.62. The van der Waals surface area contributed by atoms with Crippen LogP contribution >= 0.6 is 11.3 Å². The van der Waals surface area contributed by atoms with Gasteiger partial charge in [0, 0.05) is 44.2 Å². The predicted molar refractivity (Wildman–Crippen MR) is 113 cm³/mol. The van der Waals surface area contributed by atoms with E-state index in [2.05, 4.69) is 14.6 Å². The van der Waals surface area contributed by atoms with Crippen molar-refractivity contribution in [3.05, 3.63) is 10.7 Å². The highest BCUT2D eigenvalue weighted by molar-refractivity contribution is 7.91. The van der Waals surface area contributed by atoms with E-state index in [4.69, 9.17) is 0 Å². The quantitative estimate of drug-likeness (QED) is 0.760. The molecule has 0 bridgehead atoms. The summed E-state index contributed by atoms with van der Waals surface area (Å²) in [6.45, 7) is 7.23. The Hall–Kier alpha value is -1.03. The van der Waals surface area contributed by atoms with E-state index in [-0.39, 0.29) is 17.9 Å². The van der Waals surface area contributed by atoms with Gasteiger partial charge in [0.05, 0.1) is 10.7 Å². The lowest BCUT2D eigenvalue weighted by Gasteiger charge is -2.44. The van der Waals surface area contributed by atoms with E-state index >= 15 is 0 Å². The number of aromatic nitrogens is 1. The molecule has 4 rings (SSSR count). The van der Waals surface area contributed by atoms with Crippen molar-refractivity contribution < 1.29 is 13.2 Å². The second kappa shape index (κ2) is 8.61. The minimum atomic E-state index is -3.53. The van der Waals surface area contributed by atoms with Crippen LogP contribution in [0.25, 0.3) is 0 Å². The third-order valence-electron chi connectivity index (χ3n) is 6.72. The second-order valence-electron chi connectivity index (χ2n) is 8.72. The molecule has 29 heavy (non-hydrogen) atoms. The Morgan fingerprint density at radius 3 is 2.21 bits per heavy atom. The number of thiazole rings is 1. The van der Waals surface area contributed by atoms with Crippen LogP contribution < -0.4 is 4.72 Å². The number of carbonyl (C=O) groups is 1. The number of hydrogen-bond donors (Lipinski definition) is 1. The molecule has 1 amide bonds. The number of aryl methyl sites for hydroxylation is 2. The van der Waals surface area contributed by atoms with Crippen LogP contribution in [-0.4, -0.2) is 67.4 Å². The first-order valence-corrected chi connectivity index (χ1v) is 13.1. The van der Waals surface area contributed by atoms with Crippen molar-refractivity contribution in [2.75, 3.05) is 26.2 Å². The summed E-state index contributed by atoms with van der Waals surface area (Å²) >= 11 is 1.22. The molecule has 2 heterocycles. The number of carbonyl (C=O) groups excluding carboxylic acids is 1. The van der Waals surface area contributed by atoms with Gasteiger partial charge in [-0.05, 0) is 52.4 Å². The van der Waals surface area contributed by atoms with E-state index in [0.29, 0.717) is 22.7 Å². The highest BCUT2D eigenvalue weighted by Crippen LogP contribution is 2.30. The van der Waals surface area contributed by atoms with Crippen molar-refractivity contribution in [1.29, 1.82) is 0 Å². The SMILES string of the molecule is Cc1nc(C)c(S(=O)(=O)NC2CCC(C(=O)N3CCN(C4CCC4)CC3)CC2)s1. The number of hydrogen-bond acceptors (Lipinski definition) is 6. The van der Waals surface area contributed by atoms with E-state index in [1.165, 1.54) is 30.6 Å². The molecule has 1 aromatic heterocycles. The van der Waals surface area contributed by atoms with Crippen molar-refractivity contribution in [3.63, 3.8) is 0 Å². The molecule has 1 N–H and O–H groups in total. The molecule has 2 saturated carbocycles. The van der Waals surface area contributed by atoms with Crippen LogP contribution in [0.5, 0.6) is 0 Å². The molecule has 3 fully saturated rings. The minimum Gasteiger partial charge on any atom is -0.340 e. The van der Waals surface area contributed by atoms with Crippen LogP contribution in [0.1, 0.15) is 55.6 Å². The first-order valence-electron chi connectivity index (χ1n) is 10.8. The lowest BCUT2D eigenvalue weighted by Crippen LogP contribution is -2.54. The van der Waals surface area contributed by atoms with E-state index in [1.807, 2.05) is 11.8 Å². The molecule has 2 aliphatic carbocycles. The summed E-state index contributed by atoms with van der Waals surface area (Å²) in [6, 6.07) is 0.656. The Balaban J connectivity index is 1.26. The molecule has 0 radical (unpaired) electrons. The maximum Gasteiger partial charge on any atom is 0.252 e. The van der Waals surface area contributed by atoms with Crippen molar-refractivity contribution in [3.8, 4) is 0 Å². The largest absolute Gasteiger partial charge is 0.340 e. The van der Waals surface area contributed by atoms with Gasteiger partial charge in [-0.2, -0.15) is 0 Å². The van der Waals surface area contributed by atoms with Crippen molar-refractivity contribution in [2.45, 2.75) is 75.1 Å². The van der Waals surface area contributed by atoms with Gasteiger partial charge >= 0.3 is 0 Å². The zero-order chi connectivity index (χ0) is 20.6. The van der Waals surface area contributed by atoms with Crippen LogP contribution in [0.4, 0.5) is 0 Å². The lowest BCUT2D eigenvalue weighted by atomic mass is 9.85. The smallest absolute Gasteiger partial charge is 0.252 e. The van der Waals surface area contributed by atoms with Crippen molar-refractivity contribution in [2.24, 2.45) is 5.92 Å². The van der Waals surface area contributed by atoms with Gasteiger partial charge in [-0.25, -0.2) is 18.1 Å². The standard InChI is InChI=1S/C20H32N4O3S2/c1-14-20(28-15(2)21-14)29(26,27)22-17-8-6-16(7-9-17)19(25)24-12-10-23(11-13-24)18-4-3-5-18/h16-18,22H,3-13H2,1-2H3. The number of sulfonamides is 1. The van der Waals surface area contributed by atoms with Gasteiger partial charge in [0.2, 0.25) is 5.91 Å². The highest BCUT2D eigenvalue weighted by Gasteiger charge is 2.34. The molecule has 1 aromatic rings. The summed E-state index contributed by atoms with van der Waals surface area (Å²) in [4.78, 5) is 21.7. The van der Waals surface area contributed by atoms with Crippen LogP contribution in [0.15, 0.2) is 4.21 Å². The Bertz CT molecular complexity index is 834. The maximum atomic E-state index is 12.9. The molecule has 162 valence electrons. The summed E-state index contributed by atoms with van der Waals surface area (Å²) in [5.41, 5.74) is 0.560. The Morgan fingerprint density at radius 1 is 1.03 bits per heavy atom. The molecule has 0 spiro atoms. The second-order valence-corrected chi connectivity index (χ2v) is 11.8. The summed E-state index contributed by atoms with van der Waals surface area (Å²) in [7, 11) is -3.53. The van der Waals surface area contributed by atoms with Gasteiger partial charge in [0.15, 0.2) is 4.21 Å². The third-order valence-corrected chi connectivity index (χ3v) is 9.92. The van der Waals surface area contributed by atoms with Gasteiger partial charge in [0.25, 0.3) is 10.0 Å². The molecule has 0 atom stereocenters. The van der Waals surface area contributed by atoms with Gasteiger partial charge in [-0.15, -0.1) is 11.3 Å². The molecule has 7 nitrogen and oxygen atoms in total. The molecule has 1 aliphatic heterocycles. The number of piperazine rings is 1. The average molecular weight is 441 g/mol. The summed E-state index contributed by atoms with van der Waals surface area (Å²) in [6.07, 6.45) is 6.93. The average Bonchev–Trinajstić information content (AvgIpc) is 3.00. The molecular formula is C20H32N4O3S2. The predicted octanol–water partition coefficient (Wildman–Crippen LogP) is 2.29. The van der Waals surface area contributed by atoms with Gasteiger partial charge in [-0.3, -0.25) is 9.69 Å². The van der Waals surface area contributed by atoms with Crippen LogP contribution in [0, 0.1) is 19.8 Å². The van der Waals surface area contributed by atoms with E-state index in [0.717, 1.165) is 50.1 Å². The molecular weight excluding hydrogens is 408 g/mol. The fraction of sp³-hybridized carbons (Fsp3) is 0.800. The van der Waals surface area contributed by atoms with E-state index in [9.17, 15) is 13.2 Å². The van der Waals surface area contributed by atoms with Gasteiger partial charge in [0.1, 0.15) is 0 Å². The number of amides is 1. The van der Waals surface area contributed by atoms with Gasteiger partial charge in [-0.1, -0.05) is 6.42 Å². The van der Waals surface area contributed by atoms with E-state index in [1.54, 1.807) is 6.92 Å². The Morgan fingerprint density at radius 2 is 1.69 bits per heavy atom. The summed E-state index contributed by atoms with van der Waals surface area (Å²) in [5.74, 6) is 0.312. The van der Waals surface area contributed by atoms with Crippen molar-refractivity contribution in [1.82, 2.24) is 19.5 Å². The van der Waals surface area contributed by atoms with Gasteiger partial charge < -0.3 is 4.90 Å². The zero-order valence-corrected chi connectivity index (χ0v) is 19.0. The normalized spacial score (nSPS) is 27.0. The maximum absolute atomic E-state index is 12.9. The Labute approximate surface area is 177 Å². The van der Waals surface area contributed by atoms with Crippen molar-refractivity contribution >= 4 is 27.3 Å².